The van der Waals surface area contributed by atoms with Crippen LogP contribution >= 0.6 is 0 Å². The third kappa shape index (κ3) is 6.20. The van der Waals surface area contributed by atoms with E-state index in [-0.39, 0.29) is 18.2 Å². The molecule has 3 aromatic rings. The van der Waals surface area contributed by atoms with Gasteiger partial charge in [-0.25, -0.2) is 0 Å². The molecule has 0 saturated heterocycles. The summed E-state index contributed by atoms with van der Waals surface area (Å²) in [6.07, 6.45) is 0.665. The lowest BCUT2D eigenvalue weighted by Gasteiger charge is -2.31. The number of nitrogens with one attached hydrogen (secondary N) is 1. The minimum Gasteiger partial charge on any atom is -0.497 e. The summed E-state index contributed by atoms with van der Waals surface area (Å²) in [7, 11) is 3.22. The highest BCUT2D eigenvalue weighted by Gasteiger charge is 2.29. The number of nitrogens with zero attached hydrogens (tertiary/aromatic N) is 1. The standard InChI is InChI=1S/C27H30N2O3/c1-20-9-7-12-22(15-20)18-26(30)29(19-23-13-8-14-24(16-23)32-3)25(27(31)28-2)17-21-10-5-4-6-11-21/h4-16,25H,17-19H2,1-3H3,(H,28,31)/t25-/m0/s1. The maximum absolute atomic E-state index is 13.5. The van der Waals surface area contributed by atoms with E-state index < -0.39 is 6.04 Å². The van der Waals surface area contributed by atoms with Crippen molar-refractivity contribution in [3.8, 4) is 5.75 Å². The molecule has 0 fully saturated rings. The molecule has 0 spiro atoms. The van der Waals surface area contributed by atoms with Gasteiger partial charge in [0, 0.05) is 20.0 Å². The van der Waals surface area contributed by atoms with E-state index in [1.165, 1.54) is 0 Å². The van der Waals surface area contributed by atoms with Crippen LogP contribution in [0.25, 0.3) is 0 Å². The number of likely N-dealkylation sites (N-methyl/N-ethyl adjacent to an activating group) is 1. The van der Waals surface area contributed by atoms with E-state index >= 15 is 0 Å². The average Bonchev–Trinajstić information content (AvgIpc) is 2.81. The fourth-order valence-corrected chi connectivity index (χ4v) is 3.79. The van der Waals surface area contributed by atoms with Crippen molar-refractivity contribution in [1.82, 2.24) is 10.2 Å². The summed E-state index contributed by atoms with van der Waals surface area (Å²) in [4.78, 5) is 28.2. The Hall–Kier alpha value is -3.60. The minimum absolute atomic E-state index is 0.0945. The Labute approximate surface area is 190 Å². The normalized spacial score (nSPS) is 11.5. The summed E-state index contributed by atoms with van der Waals surface area (Å²) >= 11 is 0. The van der Waals surface area contributed by atoms with Gasteiger partial charge < -0.3 is 15.0 Å². The van der Waals surface area contributed by atoms with Crippen LogP contribution in [0.1, 0.15) is 22.3 Å². The summed E-state index contributed by atoms with van der Waals surface area (Å²) < 4.78 is 5.35. The van der Waals surface area contributed by atoms with Gasteiger partial charge in [0.1, 0.15) is 11.8 Å². The van der Waals surface area contributed by atoms with Crippen LogP contribution < -0.4 is 10.1 Å². The molecule has 1 atom stereocenters. The van der Waals surface area contributed by atoms with E-state index in [9.17, 15) is 9.59 Å². The van der Waals surface area contributed by atoms with Gasteiger partial charge in [-0.3, -0.25) is 9.59 Å². The van der Waals surface area contributed by atoms with Crippen LogP contribution in [0.2, 0.25) is 0 Å². The molecule has 166 valence electrons. The second kappa shape index (κ2) is 11.1. The van der Waals surface area contributed by atoms with Gasteiger partial charge >= 0.3 is 0 Å². The zero-order valence-electron chi connectivity index (χ0n) is 18.9. The predicted molar refractivity (Wildman–Crippen MR) is 126 cm³/mol. The zero-order valence-corrected chi connectivity index (χ0v) is 18.9. The van der Waals surface area contributed by atoms with Crippen molar-refractivity contribution in [2.24, 2.45) is 0 Å². The van der Waals surface area contributed by atoms with Crippen molar-refractivity contribution in [3.63, 3.8) is 0 Å². The van der Waals surface area contributed by atoms with Crippen LogP contribution in [0.15, 0.2) is 78.9 Å². The van der Waals surface area contributed by atoms with E-state index in [2.05, 4.69) is 5.32 Å². The molecule has 2 amide bonds. The van der Waals surface area contributed by atoms with Gasteiger partial charge in [0.2, 0.25) is 11.8 Å². The Bertz CT molecular complexity index is 1050. The zero-order chi connectivity index (χ0) is 22.9. The number of carbonyl (C=O) groups excluding carboxylic acids is 2. The van der Waals surface area contributed by atoms with Crippen molar-refractivity contribution in [2.75, 3.05) is 14.2 Å². The molecule has 0 aliphatic heterocycles. The fraction of sp³-hybridized carbons (Fsp3) is 0.259. The van der Waals surface area contributed by atoms with Gasteiger partial charge in [0.15, 0.2) is 0 Å². The first-order chi connectivity index (χ1) is 15.5. The maximum Gasteiger partial charge on any atom is 0.242 e. The number of hydrogen-bond acceptors (Lipinski definition) is 3. The lowest BCUT2D eigenvalue weighted by Crippen LogP contribution is -2.50. The largest absolute Gasteiger partial charge is 0.497 e. The Kier molecular flexibility index (Phi) is 8.03. The molecular formula is C27H30N2O3. The monoisotopic (exact) mass is 430 g/mol. The fourth-order valence-electron chi connectivity index (χ4n) is 3.79. The molecule has 0 aliphatic rings. The molecule has 32 heavy (non-hydrogen) atoms. The molecule has 3 rings (SSSR count). The van der Waals surface area contributed by atoms with Crippen LogP contribution in [0.5, 0.6) is 5.75 Å². The maximum atomic E-state index is 13.5. The van der Waals surface area contributed by atoms with E-state index in [1.807, 2.05) is 85.8 Å². The van der Waals surface area contributed by atoms with Crippen LogP contribution in [-0.2, 0) is 29.0 Å². The van der Waals surface area contributed by atoms with Gasteiger partial charge in [-0.1, -0.05) is 72.3 Å². The van der Waals surface area contributed by atoms with E-state index in [4.69, 9.17) is 4.74 Å². The molecule has 5 nitrogen and oxygen atoms in total. The quantitative estimate of drug-likeness (QED) is 0.560. The minimum atomic E-state index is -0.633. The first-order valence-corrected chi connectivity index (χ1v) is 10.7. The summed E-state index contributed by atoms with van der Waals surface area (Å²) in [5.41, 5.74) is 3.94. The van der Waals surface area contributed by atoms with Crippen LogP contribution in [0.3, 0.4) is 0 Å². The van der Waals surface area contributed by atoms with Crippen LogP contribution in [0.4, 0.5) is 0 Å². The molecular weight excluding hydrogens is 400 g/mol. The number of ether oxygens (including phenoxy) is 1. The number of aryl methyl sites for hydroxylation is 1. The molecule has 0 aromatic heterocycles. The van der Waals surface area contributed by atoms with Gasteiger partial charge in [-0.2, -0.15) is 0 Å². The molecule has 0 heterocycles. The molecule has 3 aromatic carbocycles. The van der Waals surface area contributed by atoms with Gasteiger partial charge in [-0.15, -0.1) is 0 Å². The Morgan fingerprint density at radius 3 is 2.28 bits per heavy atom. The first-order valence-electron chi connectivity index (χ1n) is 10.7. The number of carbonyl (C=O) groups is 2. The topological polar surface area (TPSA) is 58.6 Å². The molecule has 0 aliphatic carbocycles. The Morgan fingerprint density at radius 2 is 1.59 bits per heavy atom. The summed E-state index contributed by atoms with van der Waals surface area (Å²) in [5.74, 6) is 0.436. The average molecular weight is 431 g/mol. The summed E-state index contributed by atoms with van der Waals surface area (Å²) in [5, 5.41) is 2.74. The summed E-state index contributed by atoms with van der Waals surface area (Å²) in [6, 6.07) is 24.6. The van der Waals surface area contributed by atoms with Gasteiger partial charge in [0.05, 0.1) is 13.5 Å². The number of methoxy groups -OCH3 is 1. The second-order valence-corrected chi connectivity index (χ2v) is 7.86. The lowest BCUT2D eigenvalue weighted by atomic mass is 10.0. The third-order valence-corrected chi connectivity index (χ3v) is 5.44. The number of rotatable bonds is 9. The highest BCUT2D eigenvalue weighted by molar-refractivity contribution is 5.88. The number of benzene rings is 3. The van der Waals surface area contributed by atoms with E-state index in [1.54, 1.807) is 19.1 Å². The van der Waals surface area contributed by atoms with Crippen molar-refractivity contribution >= 4 is 11.8 Å². The first kappa shape index (κ1) is 23.1. The van der Waals surface area contributed by atoms with Crippen molar-refractivity contribution < 1.29 is 14.3 Å². The smallest absolute Gasteiger partial charge is 0.242 e. The van der Waals surface area contributed by atoms with Gasteiger partial charge in [0.25, 0.3) is 0 Å². The molecule has 1 N–H and O–H groups in total. The number of amides is 2. The van der Waals surface area contributed by atoms with Crippen molar-refractivity contribution in [3.05, 3.63) is 101 Å². The van der Waals surface area contributed by atoms with Crippen LogP contribution in [-0.4, -0.2) is 36.9 Å². The molecule has 0 radical (unpaired) electrons. The summed E-state index contributed by atoms with van der Waals surface area (Å²) in [6.45, 7) is 2.32. The van der Waals surface area contributed by atoms with E-state index in [0.717, 1.165) is 22.3 Å². The van der Waals surface area contributed by atoms with Crippen molar-refractivity contribution in [2.45, 2.75) is 32.4 Å². The van der Waals surface area contributed by atoms with Gasteiger partial charge in [-0.05, 0) is 35.7 Å². The molecule has 0 saturated carbocycles. The Morgan fingerprint density at radius 1 is 0.906 bits per heavy atom. The molecule has 5 heteroatoms. The second-order valence-electron chi connectivity index (χ2n) is 7.86. The number of hydrogen-bond donors (Lipinski definition) is 1. The molecule has 0 unspecified atom stereocenters. The van der Waals surface area contributed by atoms with E-state index in [0.29, 0.717) is 18.7 Å². The Balaban J connectivity index is 1.95. The van der Waals surface area contributed by atoms with Crippen LogP contribution in [0, 0.1) is 6.92 Å². The third-order valence-electron chi connectivity index (χ3n) is 5.44. The lowest BCUT2D eigenvalue weighted by molar-refractivity contribution is -0.140. The SMILES string of the molecule is CNC(=O)[C@H](Cc1ccccc1)N(Cc1cccc(OC)c1)C(=O)Cc1cccc(C)c1. The highest BCUT2D eigenvalue weighted by Crippen LogP contribution is 2.19. The predicted octanol–water partition coefficient (Wildman–Crippen LogP) is 3.93. The molecule has 0 bridgehead atoms. The van der Waals surface area contributed by atoms with Crippen molar-refractivity contribution in [1.29, 1.82) is 0 Å². The highest BCUT2D eigenvalue weighted by atomic mass is 16.5.